The smallest absolute Gasteiger partial charge is 0.0750 e. The lowest BCUT2D eigenvalue weighted by Gasteiger charge is -2.04. The van der Waals surface area contributed by atoms with Crippen molar-refractivity contribution in [1.82, 2.24) is 4.98 Å². The van der Waals surface area contributed by atoms with E-state index >= 15 is 0 Å². The van der Waals surface area contributed by atoms with Crippen LogP contribution in [0.15, 0.2) is 30.3 Å². The molecule has 0 atom stereocenters. The molecule has 0 radical (unpaired) electrons. The SMILES string of the molecule is CCc1ccc2cccc(CN)c2n1. The maximum atomic E-state index is 5.67. The predicted octanol–water partition coefficient (Wildman–Crippen LogP) is 2.26. The minimum absolute atomic E-state index is 0.553. The fourth-order valence-corrected chi connectivity index (χ4v) is 1.61. The van der Waals surface area contributed by atoms with Gasteiger partial charge in [0, 0.05) is 17.6 Å². The first-order valence-corrected chi connectivity index (χ1v) is 4.92. The molecule has 0 bridgehead atoms. The lowest BCUT2D eigenvalue weighted by molar-refractivity contribution is 1.03. The zero-order chi connectivity index (χ0) is 9.97. The largest absolute Gasteiger partial charge is 0.326 e. The number of aryl methyl sites for hydroxylation is 1. The van der Waals surface area contributed by atoms with Crippen LogP contribution in [0.1, 0.15) is 18.2 Å². The molecule has 2 N–H and O–H groups in total. The molecular formula is C12H14N2. The van der Waals surface area contributed by atoms with Crippen LogP contribution in [0.2, 0.25) is 0 Å². The Labute approximate surface area is 83.8 Å². The number of pyridine rings is 1. The van der Waals surface area contributed by atoms with Crippen molar-refractivity contribution >= 4 is 10.9 Å². The van der Waals surface area contributed by atoms with E-state index in [1.165, 1.54) is 5.39 Å². The summed E-state index contributed by atoms with van der Waals surface area (Å²) in [6, 6.07) is 10.3. The normalized spacial score (nSPS) is 10.7. The summed E-state index contributed by atoms with van der Waals surface area (Å²) in [6.45, 7) is 2.66. The van der Waals surface area contributed by atoms with Crippen molar-refractivity contribution in [3.8, 4) is 0 Å². The number of rotatable bonds is 2. The standard InChI is InChI=1S/C12H14N2/c1-2-11-7-6-9-4-3-5-10(8-13)12(9)14-11/h3-7H,2,8,13H2,1H3. The van der Waals surface area contributed by atoms with Crippen molar-refractivity contribution in [2.75, 3.05) is 0 Å². The number of para-hydroxylation sites is 1. The van der Waals surface area contributed by atoms with Gasteiger partial charge in [-0.05, 0) is 18.1 Å². The molecule has 1 aromatic heterocycles. The Morgan fingerprint density at radius 3 is 2.79 bits per heavy atom. The van der Waals surface area contributed by atoms with E-state index < -0.39 is 0 Å². The molecule has 0 unspecified atom stereocenters. The average Bonchev–Trinajstić information content (AvgIpc) is 2.27. The molecule has 0 amide bonds. The van der Waals surface area contributed by atoms with Gasteiger partial charge in [0.05, 0.1) is 5.52 Å². The molecule has 0 saturated heterocycles. The van der Waals surface area contributed by atoms with E-state index in [4.69, 9.17) is 5.73 Å². The van der Waals surface area contributed by atoms with E-state index in [0.717, 1.165) is 23.2 Å². The fraction of sp³-hybridized carbons (Fsp3) is 0.250. The van der Waals surface area contributed by atoms with Crippen LogP contribution in [0.4, 0.5) is 0 Å². The minimum Gasteiger partial charge on any atom is -0.326 e. The van der Waals surface area contributed by atoms with Gasteiger partial charge in [0.1, 0.15) is 0 Å². The number of nitrogens with two attached hydrogens (primary N) is 1. The Morgan fingerprint density at radius 1 is 1.21 bits per heavy atom. The van der Waals surface area contributed by atoms with Gasteiger partial charge >= 0.3 is 0 Å². The number of hydrogen-bond acceptors (Lipinski definition) is 2. The first-order chi connectivity index (χ1) is 6.85. The van der Waals surface area contributed by atoms with Crippen LogP contribution in [0.5, 0.6) is 0 Å². The Hall–Kier alpha value is -1.41. The van der Waals surface area contributed by atoms with Gasteiger partial charge in [-0.25, -0.2) is 0 Å². The molecule has 14 heavy (non-hydrogen) atoms. The molecule has 1 aromatic carbocycles. The van der Waals surface area contributed by atoms with Gasteiger partial charge < -0.3 is 5.73 Å². The van der Waals surface area contributed by atoms with Crippen LogP contribution in [0, 0.1) is 0 Å². The molecule has 0 fully saturated rings. The maximum absolute atomic E-state index is 5.67. The number of benzene rings is 1. The molecule has 2 nitrogen and oxygen atoms in total. The quantitative estimate of drug-likeness (QED) is 0.781. The van der Waals surface area contributed by atoms with E-state index in [1.54, 1.807) is 0 Å². The van der Waals surface area contributed by atoms with E-state index in [9.17, 15) is 0 Å². The highest BCUT2D eigenvalue weighted by molar-refractivity contribution is 5.81. The Bertz CT molecular complexity index is 449. The van der Waals surface area contributed by atoms with Gasteiger partial charge in [-0.3, -0.25) is 4.98 Å². The first-order valence-electron chi connectivity index (χ1n) is 4.92. The first kappa shape index (κ1) is 9.16. The van der Waals surface area contributed by atoms with Gasteiger partial charge in [0.15, 0.2) is 0 Å². The van der Waals surface area contributed by atoms with Gasteiger partial charge in [0.25, 0.3) is 0 Å². The summed E-state index contributed by atoms with van der Waals surface area (Å²) >= 11 is 0. The van der Waals surface area contributed by atoms with Crippen LogP contribution in [-0.4, -0.2) is 4.98 Å². The van der Waals surface area contributed by atoms with Gasteiger partial charge in [0.2, 0.25) is 0 Å². The second-order valence-electron chi connectivity index (χ2n) is 3.35. The van der Waals surface area contributed by atoms with Crippen LogP contribution in [-0.2, 0) is 13.0 Å². The van der Waals surface area contributed by atoms with Crippen LogP contribution >= 0.6 is 0 Å². The van der Waals surface area contributed by atoms with Crippen molar-refractivity contribution in [2.45, 2.75) is 19.9 Å². The third kappa shape index (κ3) is 1.49. The van der Waals surface area contributed by atoms with E-state index in [2.05, 4.69) is 30.1 Å². The van der Waals surface area contributed by atoms with Crippen LogP contribution < -0.4 is 5.73 Å². The van der Waals surface area contributed by atoms with Crippen molar-refractivity contribution in [3.05, 3.63) is 41.6 Å². The second kappa shape index (κ2) is 3.76. The van der Waals surface area contributed by atoms with E-state index in [0.29, 0.717) is 6.54 Å². The van der Waals surface area contributed by atoms with Crippen molar-refractivity contribution in [1.29, 1.82) is 0 Å². The van der Waals surface area contributed by atoms with Crippen LogP contribution in [0.3, 0.4) is 0 Å². The molecule has 2 rings (SSSR count). The van der Waals surface area contributed by atoms with Gasteiger partial charge in [-0.15, -0.1) is 0 Å². The summed E-state index contributed by atoms with van der Waals surface area (Å²) in [6.07, 6.45) is 0.967. The lowest BCUT2D eigenvalue weighted by atomic mass is 10.1. The van der Waals surface area contributed by atoms with Gasteiger partial charge in [-0.1, -0.05) is 31.2 Å². The Balaban J connectivity index is 2.70. The molecule has 0 aliphatic rings. The molecule has 1 heterocycles. The third-order valence-corrected chi connectivity index (χ3v) is 2.44. The molecule has 2 aromatic rings. The van der Waals surface area contributed by atoms with Gasteiger partial charge in [-0.2, -0.15) is 0 Å². The summed E-state index contributed by atoms with van der Waals surface area (Å²) in [4.78, 5) is 4.58. The average molecular weight is 186 g/mol. The number of fused-ring (bicyclic) bond motifs is 1. The van der Waals surface area contributed by atoms with Crippen molar-refractivity contribution in [3.63, 3.8) is 0 Å². The summed E-state index contributed by atoms with van der Waals surface area (Å²) in [5, 5.41) is 1.17. The topological polar surface area (TPSA) is 38.9 Å². The number of hydrogen-bond donors (Lipinski definition) is 1. The second-order valence-corrected chi connectivity index (χ2v) is 3.35. The zero-order valence-electron chi connectivity index (χ0n) is 8.33. The molecule has 0 aliphatic heterocycles. The molecule has 2 heteroatoms. The predicted molar refractivity (Wildman–Crippen MR) is 59.0 cm³/mol. The summed E-state index contributed by atoms with van der Waals surface area (Å²) in [5.74, 6) is 0. The molecule has 0 saturated carbocycles. The van der Waals surface area contributed by atoms with E-state index in [-0.39, 0.29) is 0 Å². The van der Waals surface area contributed by atoms with Crippen molar-refractivity contribution in [2.24, 2.45) is 5.73 Å². The molecule has 0 aliphatic carbocycles. The number of nitrogens with zero attached hydrogens (tertiary/aromatic N) is 1. The minimum atomic E-state index is 0.553. The van der Waals surface area contributed by atoms with Crippen molar-refractivity contribution < 1.29 is 0 Å². The van der Waals surface area contributed by atoms with E-state index in [1.807, 2.05) is 12.1 Å². The number of aromatic nitrogens is 1. The Kier molecular flexibility index (Phi) is 2.46. The lowest BCUT2D eigenvalue weighted by Crippen LogP contribution is -1.99. The molecule has 0 spiro atoms. The summed E-state index contributed by atoms with van der Waals surface area (Å²) in [7, 11) is 0. The highest BCUT2D eigenvalue weighted by Gasteiger charge is 2.01. The monoisotopic (exact) mass is 186 g/mol. The third-order valence-electron chi connectivity index (χ3n) is 2.44. The molecule has 72 valence electrons. The fourth-order valence-electron chi connectivity index (χ4n) is 1.61. The highest BCUT2D eigenvalue weighted by Crippen LogP contribution is 2.16. The zero-order valence-corrected chi connectivity index (χ0v) is 8.33. The summed E-state index contributed by atoms with van der Waals surface area (Å²) < 4.78 is 0. The highest BCUT2D eigenvalue weighted by atomic mass is 14.7. The maximum Gasteiger partial charge on any atom is 0.0750 e. The molecular weight excluding hydrogens is 172 g/mol. The van der Waals surface area contributed by atoms with Crippen LogP contribution in [0.25, 0.3) is 10.9 Å². The summed E-state index contributed by atoms with van der Waals surface area (Å²) in [5.41, 5.74) is 8.96. The Morgan fingerprint density at radius 2 is 2.07 bits per heavy atom.